The van der Waals surface area contributed by atoms with Crippen molar-refractivity contribution in [1.82, 2.24) is 10.2 Å². The van der Waals surface area contributed by atoms with Crippen LogP contribution in [0.1, 0.15) is 23.6 Å². The van der Waals surface area contributed by atoms with Crippen LogP contribution in [0.5, 0.6) is 5.75 Å². The first-order valence-electron chi connectivity index (χ1n) is 8.31. The van der Waals surface area contributed by atoms with E-state index in [-0.39, 0.29) is 11.9 Å². The van der Waals surface area contributed by atoms with Crippen molar-refractivity contribution in [3.8, 4) is 5.75 Å². The number of rotatable bonds is 8. The SMILES string of the molecule is COc1cccc([C@@H](CNC(=O)CCc2ccccc2Cl)N(C)C)c1. The molecule has 0 aliphatic carbocycles. The Kier molecular flexibility index (Phi) is 7.29. The van der Waals surface area contributed by atoms with E-state index in [0.29, 0.717) is 24.4 Å². The Morgan fingerprint density at radius 2 is 1.96 bits per heavy atom. The number of halogens is 1. The van der Waals surface area contributed by atoms with E-state index in [1.807, 2.05) is 62.6 Å². The second kappa shape index (κ2) is 9.44. The molecule has 0 bridgehead atoms. The summed E-state index contributed by atoms with van der Waals surface area (Å²) in [6, 6.07) is 15.6. The first-order valence-corrected chi connectivity index (χ1v) is 8.69. The Morgan fingerprint density at radius 1 is 1.20 bits per heavy atom. The molecule has 4 nitrogen and oxygen atoms in total. The van der Waals surface area contributed by atoms with Gasteiger partial charge in [-0.05, 0) is 49.8 Å². The molecular weight excluding hydrogens is 336 g/mol. The van der Waals surface area contributed by atoms with Crippen LogP contribution in [0.2, 0.25) is 5.02 Å². The van der Waals surface area contributed by atoms with Crippen LogP contribution in [0.15, 0.2) is 48.5 Å². The van der Waals surface area contributed by atoms with E-state index in [1.54, 1.807) is 7.11 Å². The Balaban J connectivity index is 1.92. The molecule has 0 fully saturated rings. The molecule has 134 valence electrons. The molecule has 5 heteroatoms. The number of ether oxygens (including phenoxy) is 1. The molecule has 1 N–H and O–H groups in total. The van der Waals surface area contributed by atoms with Gasteiger partial charge in [-0.25, -0.2) is 0 Å². The molecule has 1 atom stereocenters. The summed E-state index contributed by atoms with van der Waals surface area (Å²) in [5.41, 5.74) is 2.10. The van der Waals surface area contributed by atoms with Crippen molar-refractivity contribution in [2.45, 2.75) is 18.9 Å². The molecule has 2 aromatic rings. The minimum Gasteiger partial charge on any atom is -0.497 e. The van der Waals surface area contributed by atoms with Gasteiger partial charge in [0.1, 0.15) is 5.75 Å². The van der Waals surface area contributed by atoms with Crippen molar-refractivity contribution in [3.05, 3.63) is 64.7 Å². The average Bonchev–Trinajstić information content (AvgIpc) is 2.61. The maximum atomic E-state index is 12.2. The van der Waals surface area contributed by atoms with Crippen molar-refractivity contribution in [2.24, 2.45) is 0 Å². The van der Waals surface area contributed by atoms with E-state index in [0.717, 1.165) is 16.9 Å². The molecule has 0 aliphatic rings. The van der Waals surface area contributed by atoms with Crippen molar-refractivity contribution >= 4 is 17.5 Å². The zero-order chi connectivity index (χ0) is 18.2. The predicted octanol–water partition coefficient (Wildman–Crippen LogP) is 3.70. The lowest BCUT2D eigenvalue weighted by Gasteiger charge is -2.25. The Labute approximate surface area is 154 Å². The Morgan fingerprint density at radius 3 is 2.64 bits per heavy atom. The maximum absolute atomic E-state index is 12.2. The fourth-order valence-corrected chi connectivity index (χ4v) is 2.93. The molecule has 2 aromatic carbocycles. The van der Waals surface area contributed by atoms with Gasteiger partial charge in [-0.3, -0.25) is 4.79 Å². The average molecular weight is 361 g/mol. The highest BCUT2D eigenvalue weighted by molar-refractivity contribution is 6.31. The van der Waals surface area contributed by atoms with E-state index < -0.39 is 0 Å². The third-order valence-corrected chi connectivity index (χ3v) is 4.54. The number of benzene rings is 2. The molecule has 0 heterocycles. The molecule has 1 amide bonds. The van der Waals surface area contributed by atoms with Gasteiger partial charge in [0, 0.05) is 18.0 Å². The van der Waals surface area contributed by atoms with Crippen LogP contribution in [-0.2, 0) is 11.2 Å². The molecule has 25 heavy (non-hydrogen) atoms. The van der Waals surface area contributed by atoms with Crippen LogP contribution in [0.25, 0.3) is 0 Å². The fraction of sp³-hybridized carbons (Fsp3) is 0.350. The molecule has 0 saturated carbocycles. The Bertz CT molecular complexity index is 704. The van der Waals surface area contributed by atoms with Crippen LogP contribution in [0.3, 0.4) is 0 Å². The molecule has 2 rings (SSSR count). The molecular formula is C20H25ClN2O2. The summed E-state index contributed by atoms with van der Waals surface area (Å²) in [6.07, 6.45) is 1.05. The fourth-order valence-electron chi connectivity index (χ4n) is 2.70. The number of hydrogen-bond donors (Lipinski definition) is 1. The summed E-state index contributed by atoms with van der Waals surface area (Å²) in [5, 5.41) is 3.73. The summed E-state index contributed by atoms with van der Waals surface area (Å²) >= 11 is 6.14. The maximum Gasteiger partial charge on any atom is 0.220 e. The van der Waals surface area contributed by atoms with Crippen molar-refractivity contribution in [2.75, 3.05) is 27.7 Å². The molecule has 0 radical (unpaired) electrons. The van der Waals surface area contributed by atoms with Gasteiger partial charge < -0.3 is 15.0 Å². The number of nitrogens with zero attached hydrogens (tertiary/aromatic N) is 1. The van der Waals surface area contributed by atoms with Gasteiger partial charge in [0.2, 0.25) is 5.91 Å². The number of carbonyl (C=O) groups is 1. The summed E-state index contributed by atoms with van der Waals surface area (Å²) in [6.45, 7) is 0.543. The first-order chi connectivity index (χ1) is 12.0. The largest absolute Gasteiger partial charge is 0.497 e. The highest BCUT2D eigenvalue weighted by Gasteiger charge is 2.16. The van der Waals surface area contributed by atoms with Gasteiger partial charge >= 0.3 is 0 Å². The molecule has 0 unspecified atom stereocenters. The van der Waals surface area contributed by atoms with Gasteiger partial charge in [0.25, 0.3) is 0 Å². The van der Waals surface area contributed by atoms with Gasteiger partial charge in [-0.1, -0.05) is 41.9 Å². The van der Waals surface area contributed by atoms with E-state index in [1.165, 1.54) is 0 Å². The van der Waals surface area contributed by atoms with Crippen LogP contribution < -0.4 is 10.1 Å². The molecule has 0 aromatic heterocycles. The number of likely N-dealkylation sites (N-methyl/N-ethyl adjacent to an activating group) is 1. The predicted molar refractivity (Wildman–Crippen MR) is 102 cm³/mol. The third kappa shape index (κ3) is 5.76. The summed E-state index contributed by atoms with van der Waals surface area (Å²) in [7, 11) is 5.65. The summed E-state index contributed by atoms with van der Waals surface area (Å²) in [5.74, 6) is 0.837. The summed E-state index contributed by atoms with van der Waals surface area (Å²) in [4.78, 5) is 14.3. The minimum atomic E-state index is 0.0228. The zero-order valence-electron chi connectivity index (χ0n) is 15.0. The lowest BCUT2D eigenvalue weighted by atomic mass is 10.1. The molecule has 0 saturated heterocycles. The van der Waals surface area contributed by atoms with E-state index in [4.69, 9.17) is 16.3 Å². The lowest BCUT2D eigenvalue weighted by Crippen LogP contribution is -2.34. The van der Waals surface area contributed by atoms with Gasteiger partial charge in [0.15, 0.2) is 0 Å². The number of amides is 1. The zero-order valence-corrected chi connectivity index (χ0v) is 15.7. The normalized spacial score (nSPS) is 12.0. The van der Waals surface area contributed by atoms with E-state index in [9.17, 15) is 4.79 Å². The summed E-state index contributed by atoms with van der Waals surface area (Å²) < 4.78 is 5.29. The van der Waals surface area contributed by atoms with Crippen molar-refractivity contribution in [3.63, 3.8) is 0 Å². The first kappa shape index (κ1) is 19.3. The molecule has 0 aliphatic heterocycles. The molecule has 0 spiro atoms. The van der Waals surface area contributed by atoms with Crippen LogP contribution in [0, 0.1) is 0 Å². The number of hydrogen-bond acceptors (Lipinski definition) is 3. The third-order valence-electron chi connectivity index (χ3n) is 4.17. The van der Waals surface area contributed by atoms with Gasteiger partial charge in [-0.2, -0.15) is 0 Å². The quantitative estimate of drug-likeness (QED) is 0.780. The number of carbonyl (C=O) groups excluding carboxylic acids is 1. The standard InChI is InChI=1S/C20H25ClN2O2/c1-23(2)19(16-8-6-9-17(13-16)25-3)14-22-20(24)12-11-15-7-4-5-10-18(15)21/h4-10,13,19H,11-12,14H2,1-3H3,(H,22,24)/t19-/m1/s1. The number of aryl methyl sites for hydroxylation is 1. The second-order valence-corrected chi connectivity index (χ2v) is 6.56. The number of methoxy groups -OCH3 is 1. The van der Waals surface area contributed by atoms with E-state index >= 15 is 0 Å². The monoisotopic (exact) mass is 360 g/mol. The highest BCUT2D eigenvalue weighted by Crippen LogP contribution is 2.22. The van der Waals surface area contributed by atoms with Crippen molar-refractivity contribution in [1.29, 1.82) is 0 Å². The smallest absolute Gasteiger partial charge is 0.220 e. The van der Waals surface area contributed by atoms with E-state index in [2.05, 4.69) is 10.2 Å². The van der Waals surface area contributed by atoms with Crippen LogP contribution in [0.4, 0.5) is 0 Å². The Hall–Kier alpha value is -2.04. The van der Waals surface area contributed by atoms with Crippen LogP contribution >= 0.6 is 11.6 Å². The van der Waals surface area contributed by atoms with Crippen molar-refractivity contribution < 1.29 is 9.53 Å². The number of nitrogens with one attached hydrogen (secondary N) is 1. The van der Waals surface area contributed by atoms with Crippen LogP contribution in [-0.4, -0.2) is 38.6 Å². The topological polar surface area (TPSA) is 41.6 Å². The second-order valence-electron chi connectivity index (χ2n) is 6.15. The minimum absolute atomic E-state index is 0.0228. The lowest BCUT2D eigenvalue weighted by molar-refractivity contribution is -0.121. The van der Waals surface area contributed by atoms with Gasteiger partial charge in [0.05, 0.1) is 13.2 Å². The van der Waals surface area contributed by atoms with Gasteiger partial charge in [-0.15, -0.1) is 0 Å². The highest BCUT2D eigenvalue weighted by atomic mass is 35.5.